The topological polar surface area (TPSA) is 55.6 Å². The van der Waals surface area contributed by atoms with E-state index in [1.54, 1.807) is 0 Å². The van der Waals surface area contributed by atoms with Gasteiger partial charge in [0.05, 0.1) is 0 Å². The van der Waals surface area contributed by atoms with Gasteiger partial charge in [-0.25, -0.2) is 0 Å². The van der Waals surface area contributed by atoms with Gasteiger partial charge < -0.3 is 15.4 Å². The van der Waals surface area contributed by atoms with Gasteiger partial charge in [-0.05, 0) is 42.9 Å². The maximum Gasteiger partial charge on any atom is 0.260 e. The Morgan fingerprint density at radius 3 is 2.57 bits per heavy atom. The molecule has 5 heteroatoms. The Kier molecular flexibility index (Phi) is 6.90. The van der Waals surface area contributed by atoms with Crippen molar-refractivity contribution in [3.05, 3.63) is 29.8 Å². The van der Waals surface area contributed by atoms with E-state index < -0.39 is 0 Å². The number of carbonyl (C=O) groups is 1. The van der Waals surface area contributed by atoms with E-state index in [1.807, 2.05) is 23.1 Å². The smallest absolute Gasteiger partial charge is 0.260 e. The third kappa shape index (κ3) is 4.85. The van der Waals surface area contributed by atoms with E-state index in [9.17, 15) is 4.79 Å². The van der Waals surface area contributed by atoms with E-state index in [4.69, 9.17) is 10.5 Å². The van der Waals surface area contributed by atoms with Crippen LogP contribution in [0, 0.1) is 5.92 Å². The highest BCUT2D eigenvalue weighted by molar-refractivity contribution is 5.85. The zero-order chi connectivity index (χ0) is 16.3. The van der Waals surface area contributed by atoms with Crippen molar-refractivity contribution in [1.82, 2.24) is 4.90 Å². The van der Waals surface area contributed by atoms with E-state index in [-0.39, 0.29) is 36.4 Å². The molecule has 0 aromatic heterocycles. The molecule has 0 spiro atoms. The molecule has 2 rings (SSSR count). The molecule has 1 fully saturated rings. The van der Waals surface area contributed by atoms with Crippen LogP contribution in [-0.4, -0.2) is 36.5 Å². The van der Waals surface area contributed by atoms with Crippen molar-refractivity contribution in [2.24, 2.45) is 11.7 Å². The van der Waals surface area contributed by atoms with Crippen molar-refractivity contribution in [2.45, 2.75) is 45.6 Å². The van der Waals surface area contributed by atoms with E-state index in [0.29, 0.717) is 12.5 Å². The quantitative estimate of drug-likeness (QED) is 0.916. The van der Waals surface area contributed by atoms with Crippen molar-refractivity contribution in [1.29, 1.82) is 0 Å². The second kappa shape index (κ2) is 8.02. The number of carbonyl (C=O) groups excluding carboxylic acids is 1. The first-order chi connectivity index (χ1) is 10.3. The Morgan fingerprint density at radius 2 is 2.00 bits per heavy atom. The van der Waals surface area contributed by atoms with Crippen LogP contribution in [0.4, 0.5) is 0 Å². The summed E-state index contributed by atoms with van der Waals surface area (Å²) in [5.41, 5.74) is 6.84. The van der Waals surface area contributed by atoms with Crippen LogP contribution >= 0.6 is 12.4 Å². The van der Waals surface area contributed by atoms with Crippen molar-refractivity contribution in [3.8, 4) is 5.75 Å². The van der Waals surface area contributed by atoms with Crippen molar-refractivity contribution in [3.63, 3.8) is 0 Å². The number of likely N-dealkylation sites (tertiary alicyclic amines) is 1. The molecule has 1 aliphatic heterocycles. The summed E-state index contributed by atoms with van der Waals surface area (Å²) >= 11 is 0. The summed E-state index contributed by atoms with van der Waals surface area (Å²) in [6.07, 6.45) is 0.987. The largest absolute Gasteiger partial charge is 0.483 e. The molecule has 130 valence electrons. The lowest BCUT2D eigenvalue weighted by Gasteiger charge is -2.24. The third-order valence-electron chi connectivity index (χ3n) is 4.36. The predicted octanol–water partition coefficient (Wildman–Crippen LogP) is 2.98. The van der Waals surface area contributed by atoms with Gasteiger partial charge in [0.2, 0.25) is 0 Å². The fourth-order valence-electron chi connectivity index (χ4n) is 3.10. The summed E-state index contributed by atoms with van der Waals surface area (Å²) in [5, 5.41) is 0. The van der Waals surface area contributed by atoms with Gasteiger partial charge >= 0.3 is 0 Å². The third-order valence-corrected chi connectivity index (χ3v) is 4.36. The fraction of sp³-hybridized carbons (Fsp3) is 0.611. The second-order valence-corrected chi connectivity index (χ2v) is 7.27. The molecule has 1 amide bonds. The zero-order valence-corrected chi connectivity index (χ0v) is 15.4. The van der Waals surface area contributed by atoms with Crippen LogP contribution in [0.15, 0.2) is 24.3 Å². The number of nitrogens with two attached hydrogens (primary N) is 1. The van der Waals surface area contributed by atoms with E-state index >= 15 is 0 Å². The Morgan fingerprint density at radius 1 is 1.35 bits per heavy atom. The molecule has 0 bridgehead atoms. The molecular weight excluding hydrogens is 312 g/mol. The normalized spacial score (nSPS) is 21.0. The first-order valence-corrected chi connectivity index (χ1v) is 8.04. The second-order valence-electron chi connectivity index (χ2n) is 7.27. The maximum atomic E-state index is 12.4. The summed E-state index contributed by atoms with van der Waals surface area (Å²) < 4.78 is 5.83. The standard InChI is InChI=1S/C18H28N2O2.ClH/c1-13-9-14(10-19)11-20(13)17(21)12-22-16-8-6-5-7-15(16)18(2,3)4;/h5-8,13-14H,9-12,19H2,1-4H3;1H. The lowest BCUT2D eigenvalue weighted by atomic mass is 9.86. The lowest BCUT2D eigenvalue weighted by Crippen LogP contribution is -2.38. The summed E-state index contributed by atoms with van der Waals surface area (Å²) in [5.74, 6) is 1.26. The lowest BCUT2D eigenvalue weighted by molar-refractivity contribution is -0.134. The molecule has 2 atom stereocenters. The van der Waals surface area contributed by atoms with Crippen LogP contribution in [0.2, 0.25) is 0 Å². The Bertz CT molecular complexity index is 528. The Labute approximate surface area is 145 Å². The van der Waals surface area contributed by atoms with Crippen LogP contribution in [-0.2, 0) is 10.2 Å². The van der Waals surface area contributed by atoms with Crippen LogP contribution in [0.5, 0.6) is 5.75 Å². The van der Waals surface area contributed by atoms with Crippen LogP contribution in [0.1, 0.15) is 39.7 Å². The molecule has 0 radical (unpaired) electrons. The Balaban J connectivity index is 0.00000264. The minimum atomic E-state index is -0.00871. The minimum absolute atomic E-state index is 0. The highest BCUT2D eigenvalue weighted by Crippen LogP contribution is 2.31. The average Bonchev–Trinajstić information content (AvgIpc) is 2.85. The molecule has 1 aromatic carbocycles. The first-order valence-electron chi connectivity index (χ1n) is 8.04. The molecule has 2 unspecified atom stereocenters. The maximum absolute atomic E-state index is 12.4. The number of halogens is 1. The van der Waals surface area contributed by atoms with E-state index in [2.05, 4.69) is 33.8 Å². The SMILES string of the molecule is CC1CC(CN)CN1C(=O)COc1ccccc1C(C)(C)C.Cl. The van der Waals surface area contributed by atoms with Crippen LogP contribution < -0.4 is 10.5 Å². The summed E-state index contributed by atoms with van der Waals surface area (Å²) in [6.45, 7) is 10.00. The summed E-state index contributed by atoms with van der Waals surface area (Å²) in [7, 11) is 0. The predicted molar refractivity (Wildman–Crippen MR) is 96.2 cm³/mol. The fourth-order valence-corrected chi connectivity index (χ4v) is 3.10. The molecular formula is C18H29ClN2O2. The minimum Gasteiger partial charge on any atom is -0.483 e. The highest BCUT2D eigenvalue weighted by atomic mass is 35.5. The number of para-hydroxylation sites is 1. The molecule has 2 N–H and O–H groups in total. The number of hydrogen-bond donors (Lipinski definition) is 1. The molecule has 1 aliphatic rings. The van der Waals surface area contributed by atoms with Gasteiger partial charge in [-0.3, -0.25) is 4.79 Å². The highest BCUT2D eigenvalue weighted by Gasteiger charge is 2.31. The molecule has 4 nitrogen and oxygen atoms in total. The van der Waals surface area contributed by atoms with Gasteiger partial charge in [-0.15, -0.1) is 12.4 Å². The average molecular weight is 341 g/mol. The van der Waals surface area contributed by atoms with Crippen LogP contribution in [0.3, 0.4) is 0 Å². The first kappa shape index (κ1) is 19.8. The van der Waals surface area contributed by atoms with E-state index in [1.165, 1.54) is 0 Å². The van der Waals surface area contributed by atoms with E-state index in [0.717, 1.165) is 24.3 Å². The number of nitrogens with zero attached hydrogens (tertiary/aromatic N) is 1. The van der Waals surface area contributed by atoms with Gasteiger partial charge in [0.1, 0.15) is 5.75 Å². The van der Waals surface area contributed by atoms with Crippen LogP contribution in [0.25, 0.3) is 0 Å². The number of benzene rings is 1. The monoisotopic (exact) mass is 340 g/mol. The summed E-state index contributed by atoms with van der Waals surface area (Å²) in [4.78, 5) is 14.3. The van der Waals surface area contributed by atoms with Gasteiger partial charge in [-0.1, -0.05) is 39.0 Å². The number of rotatable bonds is 4. The number of ether oxygens (including phenoxy) is 1. The van der Waals surface area contributed by atoms with Gasteiger partial charge in [-0.2, -0.15) is 0 Å². The molecule has 0 saturated carbocycles. The zero-order valence-electron chi connectivity index (χ0n) is 14.5. The molecule has 1 aromatic rings. The Hall–Kier alpha value is -1.26. The van der Waals surface area contributed by atoms with Crippen molar-refractivity contribution >= 4 is 18.3 Å². The van der Waals surface area contributed by atoms with Gasteiger partial charge in [0.15, 0.2) is 6.61 Å². The number of hydrogen-bond acceptors (Lipinski definition) is 3. The molecule has 1 heterocycles. The molecule has 23 heavy (non-hydrogen) atoms. The number of amides is 1. The van der Waals surface area contributed by atoms with Crippen molar-refractivity contribution < 1.29 is 9.53 Å². The molecule has 1 saturated heterocycles. The van der Waals surface area contributed by atoms with Crippen molar-refractivity contribution in [2.75, 3.05) is 19.7 Å². The van der Waals surface area contributed by atoms with Gasteiger partial charge in [0, 0.05) is 12.6 Å². The van der Waals surface area contributed by atoms with Gasteiger partial charge in [0.25, 0.3) is 5.91 Å². The summed E-state index contributed by atoms with van der Waals surface area (Å²) in [6, 6.07) is 8.19. The molecule has 0 aliphatic carbocycles.